The summed E-state index contributed by atoms with van der Waals surface area (Å²) in [6, 6.07) is 5.60. The monoisotopic (exact) mass is 301 g/mol. The van der Waals surface area contributed by atoms with E-state index in [-0.39, 0.29) is 12.7 Å². The van der Waals surface area contributed by atoms with E-state index in [0.717, 1.165) is 17.9 Å². The van der Waals surface area contributed by atoms with Crippen LogP contribution in [0.1, 0.15) is 27.2 Å². The Morgan fingerprint density at radius 3 is 2.77 bits per heavy atom. The number of hydrogen-bond donors (Lipinski definition) is 0. The molecule has 0 fully saturated rings. The Bertz CT molecular complexity index is 576. The molecule has 4 nitrogen and oxygen atoms in total. The second kappa shape index (κ2) is 7.69. The molecule has 1 aliphatic rings. The van der Waals surface area contributed by atoms with Crippen molar-refractivity contribution in [3.63, 3.8) is 0 Å². The number of amides is 1. The smallest absolute Gasteiger partial charge is 0.250 e. The van der Waals surface area contributed by atoms with Crippen LogP contribution >= 0.6 is 0 Å². The number of anilines is 1. The summed E-state index contributed by atoms with van der Waals surface area (Å²) < 4.78 is 10.7. The molecule has 1 aromatic carbocycles. The van der Waals surface area contributed by atoms with Gasteiger partial charge in [-0.15, -0.1) is 0 Å². The van der Waals surface area contributed by atoms with Gasteiger partial charge in [-0.25, -0.2) is 0 Å². The number of allylic oxidation sites excluding steroid dienone is 3. The van der Waals surface area contributed by atoms with E-state index in [4.69, 9.17) is 9.47 Å². The number of rotatable bonds is 6. The van der Waals surface area contributed by atoms with Crippen LogP contribution in [0.3, 0.4) is 0 Å². The van der Waals surface area contributed by atoms with Gasteiger partial charge in [-0.2, -0.15) is 0 Å². The van der Waals surface area contributed by atoms with Gasteiger partial charge in [0.2, 0.25) is 6.79 Å². The topological polar surface area (TPSA) is 38.8 Å². The van der Waals surface area contributed by atoms with Crippen LogP contribution in [0, 0.1) is 5.92 Å². The van der Waals surface area contributed by atoms with E-state index >= 15 is 0 Å². The number of hydrogen-bond acceptors (Lipinski definition) is 3. The van der Waals surface area contributed by atoms with Gasteiger partial charge in [-0.1, -0.05) is 39.0 Å². The summed E-state index contributed by atoms with van der Waals surface area (Å²) in [5.74, 6) is 1.75. The fourth-order valence-corrected chi connectivity index (χ4v) is 2.18. The molecule has 1 heterocycles. The first kappa shape index (κ1) is 16.1. The summed E-state index contributed by atoms with van der Waals surface area (Å²) in [5.41, 5.74) is 0.826. The van der Waals surface area contributed by atoms with Crippen LogP contribution in [0.5, 0.6) is 11.5 Å². The maximum atomic E-state index is 12.5. The molecule has 1 aromatic rings. The van der Waals surface area contributed by atoms with Crippen LogP contribution in [-0.4, -0.2) is 19.2 Å². The molecule has 0 unspecified atom stereocenters. The molecule has 1 amide bonds. The second-order valence-electron chi connectivity index (χ2n) is 5.58. The molecule has 0 saturated carbocycles. The van der Waals surface area contributed by atoms with Crippen molar-refractivity contribution in [1.82, 2.24) is 0 Å². The lowest BCUT2D eigenvalue weighted by atomic mass is 10.1. The first-order chi connectivity index (χ1) is 10.6. The second-order valence-corrected chi connectivity index (χ2v) is 5.58. The van der Waals surface area contributed by atoms with Crippen molar-refractivity contribution in [1.29, 1.82) is 0 Å². The highest BCUT2D eigenvalue weighted by Gasteiger charge is 2.19. The SMILES string of the molecule is CC/C=C/C=C/C(=O)N(CC(C)C)c1ccc2c(c1)OCO2. The molecule has 0 aromatic heterocycles. The van der Waals surface area contributed by atoms with Crippen molar-refractivity contribution in [2.45, 2.75) is 27.2 Å². The normalized spacial score (nSPS) is 13.5. The number of nitrogens with zero attached hydrogens (tertiary/aromatic N) is 1. The van der Waals surface area contributed by atoms with Gasteiger partial charge in [0.25, 0.3) is 5.91 Å². The van der Waals surface area contributed by atoms with E-state index in [9.17, 15) is 4.79 Å². The molecular weight excluding hydrogens is 278 g/mol. The Balaban J connectivity index is 2.20. The van der Waals surface area contributed by atoms with Crippen molar-refractivity contribution < 1.29 is 14.3 Å². The Morgan fingerprint density at radius 1 is 1.27 bits per heavy atom. The summed E-state index contributed by atoms with van der Waals surface area (Å²) in [6.07, 6.45) is 8.24. The fourth-order valence-electron chi connectivity index (χ4n) is 2.18. The Hall–Kier alpha value is -2.23. The lowest BCUT2D eigenvalue weighted by Crippen LogP contribution is -2.32. The van der Waals surface area contributed by atoms with Gasteiger partial charge in [-0.3, -0.25) is 4.79 Å². The minimum atomic E-state index is -0.0340. The van der Waals surface area contributed by atoms with E-state index in [1.165, 1.54) is 0 Å². The predicted octanol–water partition coefficient (Wildman–Crippen LogP) is 3.93. The van der Waals surface area contributed by atoms with Crippen molar-refractivity contribution in [2.24, 2.45) is 5.92 Å². The number of carbonyl (C=O) groups excluding carboxylic acids is 1. The van der Waals surface area contributed by atoms with Crippen molar-refractivity contribution in [2.75, 3.05) is 18.2 Å². The minimum absolute atomic E-state index is 0.0340. The zero-order chi connectivity index (χ0) is 15.9. The Labute approximate surface area is 132 Å². The Kier molecular flexibility index (Phi) is 5.64. The zero-order valence-corrected chi connectivity index (χ0v) is 13.4. The number of carbonyl (C=O) groups is 1. The van der Waals surface area contributed by atoms with Crippen LogP contribution in [-0.2, 0) is 4.79 Å². The Morgan fingerprint density at radius 2 is 2.05 bits per heavy atom. The largest absolute Gasteiger partial charge is 0.454 e. The van der Waals surface area contributed by atoms with E-state index in [2.05, 4.69) is 20.8 Å². The van der Waals surface area contributed by atoms with Crippen LogP contribution in [0.4, 0.5) is 5.69 Å². The van der Waals surface area contributed by atoms with Crippen LogP contribution < -0.4 is 14.4 Å². The molecule has 4 heteroatoms. The molecule has 2 rings (SSSR count). The summed E-state index contributed by atoms with van der Waals surface area (Å²) in [5, 5.41) is 0. The molecule has 0 N–H and O–H groups in total. The van der Waals surface area contributed by atoms with E-state index < -0.39 is 0 Å². The van der Waals surface area contributed by atoms with Gasteiger partial charge in [0.15, 0.2) is 11.5 Å². The van der Waals surface area contributed by atoms with Crippen molar-refractivity contribution >= 4 is 11.6 Å². The standard InChI is InChI=1S/C18H23NO3/c1-4-5-6-7-8-18(20)19(12-14(2)3)15-9-10-16-17(11-15)22-13-21-16/h5-11,14H,4,12-13H2,1-3H3/b6-5+,8-7+. The zero-order valence-electron chi connectivity index (χ0n) is 13.4. The van der Waals surface area contributed by atoms with E-state index in [0.29, 0.717) is 18.2 Å². The van der Waals surface area contributed by atoms with Gasteiger partial charge < -0.3 is 14.4 Å². The van der Waals surface area contributed by atoms with Crippen molar-refractivity contribution in [3.05, 3.63) is 42.5 Å². The highest BCUT2D eigenvalue weighted by atomic mass is 16.7. The summed E-state index contributed by atoms with van der Waals surface area (Å²) in [4.78, 5) is 14.2. The van der Waals surface area contributed by atoms with Gasteiger partial charge in [0.1, 0.15) is 0 Å². The molecule has 0 radical (unpaired) electrons. The maximum absolute atomic E-state index is 12.5. The lowest BCUT2D eigenvalue weighted by Gasteiger charge is -2.23. The number of fused-ring (bicyclic) bond motifs is 1. The summed E-state index contributed by atoms with van der Waals surface area (Å²) in [7, 11) is 0. The molecule has 0 saturated heterocycles. The molecule has 22 heavy (non-hydrogen) atoms. The maximum Gasteiger partial charge on any atom is 0.250 e. The third-order valence-corrected chi connectivity index (χ3v) is 3.20. The molecular formula is C18H23NO3. The molecule has 0 spiro atoms. The minimum Gasteiger partial charge on any atom is -0.454 e. The van der Waals surface area contributed by atoms with Gasteiger partial charge in [-0.05, 0) is 24.5 Å². The number of benzene rings is 1. The van der Waals surface area contributed by atoms with E-state index in [1.54, 1.807) is 17.1 Å². The summed E-state index contributed by atoms with van der Waals surface area (Å²) in [6.45, 7) is 7.13. The predicted molar refractivity (Wildman–Crippen MR) is 88.3 cm³/mol. The third kappa shape index (κ3) is 4.13. The number of ether oxygens (including phenoxy) is 2. The lowest BCUT2D eigenvalue weighted by molar-refractivity contribution is -0.114. The van der Waals surface area contributed by atoms with Gasteiger partial charge in [0.05, 0.1) is 0 Å². The van der Waals surface area contributed by atoms with E-state index in [1.807, 2.05) is 30.4 Å². The van der Waals surface area contributed by atoms with Crippen LogP contribution in [0.15, 0.2) is 42.5 Å². The molecule has 0 aliphatic carbocycles. The first-order valence-electron chi connectivity index (χ1n) is 7.66. The summed E-state index contributed by atoms with van der Waals surface area (Å²) >= 11 is 0. The average molecular weight is 301 g/mol. The first-order valence-corrected chi connectivity index (χ1v) is 7.66. The molecule has 118 valence electrons. The third-order valence-electron chi connectivity index (χ3n) is 3.20. The van der Waals surface area contributed by atoms with Gasteiger partial charge >= 0.3 is 0 Å². The highest BCUT2D eigenvalue weighted by Crippen LogP contribution is 2.35. The van der Waals surface area contributed by atoms with Crippen molar-refractivity contribution in [3.8, 4) is 11.5 Å². The average Bonchev–Trinajstić information content (AvgIpc) is 2.96. The highest BCUT2D eigenvalue weighted by molar-refractivity contribution is 6.01. The fraction of sp³-hybridized carbons (Fsp3) is 0.389. The molecule has 1 aliphatic heterocycles. The van der Waals surface area contributed by atoms with Crippen LogP contribution in [0.2, 0.25) is 0 Å². The van der Waals surface area contributed by atoms with Crippen LogP contribution in [0.25, 0.3) is 0 Å². The molecule has 0 atom stereocenters. The van der Waals surface area contributed by atoms with Gasteiger partial charge in [0, 0.05) is 24.4 Å². The quantitative estimate of drug-likeness (QED) is 0.590. The molecule has 0 bridgehead atoms.